The minimum atomic E-state index is 0.636. The number of benzene rings is 2. The Labute approximate surface area is 105 Å². The van der Waals surface area contributed by atoms with E-state index in [1.54, 1.807) is 0 Å². The number of hydrogen-bond donors (Lipinski definition) is 0. The highest BCUT2D eigenvalue weighted by Crippen LogP contribution is 2.28. The molecule has 0 fully saturated rings. The molecule has 0 nitrogen and oxygen atoms in total. The number of rotatable bonds is 4. The molecule has 0 aromatic heterocycles. The van der Waals surface area contributed by atoms with Crippen LogP contribution in [0.3, 0.4) is 0 Å². The van der Waals surface area contributed by atoms with E-state index in [2.05, 4.69) is 0 Å². The summed E-state index contributed by atoms with van der Waals surface area (Å²) in [5.41, 5.74) is 1.12. The zero-order chi connectivity index (χ0) is 11.9. The van der Waals surface area contributed by atoms with E-state index in [-0.39, 0.29) is 0 Å². The fourth-order valence-electron chi connectivity index (χ4n) is 1.53. The lowest BCUT2D eigenvalue weighted by molar-refractivity contribution is 0.714. The van der Waals surface area contributed by atoms with E-state index in [1.807, 2.05) is 60.7 Å². The first kappa shape index (κ1) is 11.9. The van der Waals surface area contributed by atoms with Gasteiger partial charge in [-0.05, 0) is 17.7 Å². The first-order chi connectivity index (χ1) is 8.38. The molecule has 0 saturated carbocycles. The smallest absolute Gasteiger partial charge is 0.0968 e. The Kier molecular flexibility index (Phi) is 4.39. The van der Waals surface area contributed by atoms with Crippen molar-refractivity contribution in [1.82, 2.24) is 0 Å². The Morgan fingerprint density at radius 1 is 0.941 bits per heavy atom. The van der Waals surface area contributed by atoms with Gasteiger partial charge in [0.1, 0.15) is 0 Å². The van der Waals surface area contributed by atoms with Crippen LogP contribution in [0.4, 0.5) is 4.39 Å². The summed E-state index contributed by atoms with van der Waals surface area (Å²) in [4.78, 5) is 1.79. The van der Waals surface area contributed by atoms with E-state index < -0.39 is 0 Å². The van der Waals surface area contributed by atoms with Crippen LogP contribution in [0.15, 0.2) is 76.8 Å². The molecule has 0 atom stereocenters. The van der Waals surface area contributed by atoms with Crippen LogP contribution in [-0.4, -0.2) is 0 Å². The number of allylic oxidation sites excluding steroid dienone is 1. The van der Waals surface area contributed by atoms with E-state index >= 15 is 0 Å². The summed E-state index contributed by atoms with van der Waals surface area (Å²) in [5.74, 6) is 0. The van der Waals surface area contributed by atoms with Crippen molar-refractivity contribution < 1.29 is 4.39 Å². The minimum absolute atomic E-state index is 0.636. The van der Waals surface area contributed by atoms with Gasteiger partial charge < -0.3 is 0 Å². The van der Waals surface area contributed by atoms with Crippen LogP contribution in [0.25, 0.3) is 0 Å². The molecule has 0 saturated heterocycles. The first-order valence-corrected chi connectivity index (χ1v) is 6.26. The van der Waals surface area contributed by atoms with Gasteiger partial charge in [-0.15, -0.1) is 0 Å². The van der Waals surface area contributed by atoms with Crippen LogP contribution in [-0.2, 0) is 6.42 Å². The van der Waals surface area contributed by atoms with Crippen molar-refractivity contribution in [3.05, 3.63) is 77.5 Å². The third kappa shape index (κ3) is 3.75. The number of hydrogen-bond acceptors (Lipinski definition) is 1. The van der Waals surface area contributed by atoms with Gasteiger partial charge in [-0.25, -0.2) is 4.39 Å². The van der Waals surface area contributed by atoms with Crippen molar-refractivity contribution in [3.63, 3.8) is 0 Å². The summed E-state index contributed by atoms with van der Waals surface area (Å²) < 4.78 is 12.8. The van der Waals surface area contributed by atoms with Gasteiger partial charge in [0.25, 0.3) is 0 Å². The van der Waals surface area contributed by atoms with Gasteiger partial charge >= 0.3 is 0 Å². The summed E-state index contributed by atoms with van der Waals surface area (Å²) in [6, 6.07) is 19.8. The Hall–Kier alpha value is -1.54. The molecule has 0 spiro atoms. The lowest BCUT2D eigenvalue weighted by Crippen LogP contribution is -1.86. The minimum Gasteiger partial charge on any atom is -0.215 e. The molecule has 17 heavy (non-hydrogen) atoms. The van der Waals surface area contributed by atoms with E-state index in [4.69, 9.17) is 0 Å². The van der Waals surface area contributed by atoms with Crippen LogP contribution >= 0.6 is 11.8 Å². The van der Waals surface area contributed by atoms with Crippen molar-refractivity contribution in [3.8, 4) is 0 Å². The Morgan fingerprint density at radius 3 is 2.12 bits per heavy atom. The average Bonchev–Trinajstić information content (AvgIpc) is 2.40. The zero-order valence-corrected chi connectivity index (χ0v) is 10.2. The van der Waals surface area contributed by atoms with Crippen molar-refractivity contribution >= 4 is 11.8 Å². The summed E-state index contributed by atoms with van der Waals surface area (Å²) in [6.45, 7) is 0. The van der Waals surface area contributed by atoms with E-state index in [0.717, 1.165) is 15.4 Å². The normalized spacial score (nSPS) is 11.5. The highest BCUT2D eigenvalue weighted by Gasteiger charge is 2.02. The van der Waals surface area contributed by atoms with Crippen LogP contribution in [0.2, 0.25) is 0 Å². The number of thioether (sulfide) groups is 1. The molecule has 2 aromatic carbocycles. The zero-order valence-electron chi connectivity index (χ0n) is 9.34. The van der Waals surface area contributed by atoms with Crippen molar-refractivity contribution in [1.29, 1.82) is 0 Å². The topological polar surface area (TPSA) is 0 Å². The molecule has 0 unspecified atom stereocenters. The quantitative estimate of drug-likeness (QED) is 0.694. The van der Waals surface area contributed by atoms with Crippen molar-refractivity contribution in [2.45, 2.75) is 11.3 Å². The fourth-order valence-corrected chi connectivity index (χ4v) is 2.41. The summed E-state index contributed by atoms with van der Waals surface area (Å²) in [6.07, 6.45) is 1.33. The first-order valence-electron chi connectivity index (χ1n) is 5.44. The van der Waals surface area contributed by atoms with Gasteiger partial charge in [0.2, 0.25) is 0 Å². The molecule has 2 rings (SSSR count). The Bertz CT molecular complexity index is 433. The molecule has 0 amide bonds. The second kappa shape index (κ2) is 6.26. The molecule has 2 aromatic rings. The predicted octanol–water partition coefficient (Wildman–Crippen LogP) is 4.83. The fraction of sp³-hybridized carbons (Fsp3) is 0.0667. The lowest BCUT2D eigenvalue weighted by atomic mass is 10.1. The van der Waals surface area contributed by atoms with Gasteiger partial charge in [0.05, 0.1) is 6.33 Å². The number of halogens is 1. The highest BCUT2D eigenvalue weighted by atomic mass is 32.2. The maximum absolute atomic E-state index is 12.8. The third-order valence-electron chi connectivity index (χ3n) is 2.34. The summed E-state index contributed by atoms with van der Waals surface area (Å²) in [5, 5.41) is 0. The lowest BCUT2D eigenvalue weighted by Gasteiger charge is -2.05. The van der Waals surface area contributed by atoms with Gasteiger partial charge in [-0.1, -0.05) is 60.3 Å². The molecule has 0 aliphatic heterocycles. The standard InChI is InChI=1S/C15H13FS/c16-12-15(11-13-7-3-1-4-8-13)17-14-9-5-2-6-10-14/h1-10,12H,11H2/b15-12-. The monoisotopic (exact) mass is 244 g/mol. The van der Waals surface area contributed by atoms with Gasteiger partial charge in [0.15, 0.2) is 0 Å². The molecule has 2 heteroatoms. The largest absolute Gasteiger partial charge is 0.215 e. The Balaban J connectivity index is 2.04. The van der Waals surface area contributed by atoms with Crippen LogP contribution in [0.1, 0.15) is 5.56 Å². The Morgan fingerprint density at radius 2 is 1.53 bits per heavy atom. The van der Waals surface area contributed by atoms with E-state index in [9.17, 15) is 4.39 Å². The molecule has 0 heterocycles. The summed E-state index contributed by atoms with van der Waals surface area (Å²) >= 11 is 1.47. The second-order valence-corrected chi connectivity index (χ2v) is 4.85. The van der Waals surface area contributed by atoms with Crippen molar-refractivity contribution in [2.24, 2.45) is 0 Å². The van der Waals surface area contributed by atoms with E-state index in [0.29, 0.717) is 12.8 Å². The highest BCUT2D eigenvalue weighted by molar-refractivity contribution is 8.03. The van der Waals surface area contributed by atoms with Crippen LogP contribution < -0.4 is 0 Å². The molecule has 86 valence electrons. The molecular formula is C15H13FS. The molecule has 0 aliphatic rings. The maximum atomic E-state index is 12.8. The molecular weight excluding hydrogens is 231 g/mol. The van der Waals surface area contributed by atoms with Gasteiger partial charge in [-0.2, -0.15) is 0 Å². The van der Waals surface area contributed by atoms with Gasteiger partial charge in [-0.3, -0.25) is 0 Å². The second-order valence-electron chi connectivity index (χ2n) is 3.65. The molecule has 0 N–H and O–H groups in total. The molecule has 0 aliphatic carbocycles. The average molecular weight is 244 g/mol. The summed E-state index contributed by atoms with van der Waals surface area (Å²) in [7, 11) is 0. The maximum Gasteiger partial charge on any atom is 0.0968 e. The van der Waals surface area contributed by atoms with E-state index in [1.165, 1.54) is 11.8 Å². The van der Waals surface area contributed by atoms with Crippen LogP contribution in [0.5, 0.6) is 0 Å². The molecule has 0 bridgehead atoms. The van der Waals surface area contributed by atoms with Crippen LogP contribution in [0, 0.1) is 0 Å². The SMILES string of the molecule is F/C=C(/Cc1ccccc1)Sc1ccccc1. The predicted molar refractivity (Wildman–Crippen MR) is 71.6 cm³/mol. The van der Waals surface area contributed by atoms with Gasteiger partial charge in [0, 0.05) is 16.2 Å². The van der Waals surface area contributed by atoms with Crippen molar-refractivity contribution in [2.75, 3.05) is 0 Å². The third-order valence-corrected chi connectivity index (χ3v) is 3.34. The molecule has 0 radical (unpaired) electrons.